The van der Waals surface area contributed by atoms with Gasteiger partial charge in [0.1, 0.15) is 6.04 Å². The summed E-state index contributed by atoms with van der Waals surface area (Å²) in [5.41, 5.74) is 1.00. The van der Waals surface area contributed by atoms with E-state index < -0.39 is 12.0 Å². The molecule has 0 saturated heterocycles. The van der Waals surface area contributed by atoms with Crippen LogP contribution in [0.4, 0.5) is 0 Å². The van der Waals surface area contributed by atoms with Crippen LogP contribution in [0, 0.1) is 0 Å². The number of amides is 1. The second-order valence-corrected chi connectivity index (χ2v) is 6.84. The molecule has 1 N–H and O–H groups in total. The number of hydrogen-bond acceptors (Lipinski definition) is 4. The van der Waals surface area contributed by atoms with E-state index in [0.717, 1.165) is 5.56 Å². The maximum atomic E-state index is 12.1. The molecular formula is C17H23NO3S. The fourth-order valence-corrected chi connectivity index (χ4v) is 3.81. The summed E-state index contributed by atoms with van der Waals surface area (Å²) in [5, 5.41) is 3.40. The van der Waals surface area contributed by atoms with Gasteiger partial charge in [0.05, 0.1) is 12.9 Å². The number of rotatable bonds is 7. The SMILES string of the molecule is COC(=O)[C@@H](Cc1ccccc1)NC(=O)CSC1CCCC1. The van der Waals surface area contributed by atoms with Crippen molar-refractivity contribution < 1.29 is 14.3 Å². The van der Waals surface area contributed by atoms with Gasteiger partial charge in [0.15, 0.2) is 0 Å². The van der Waals surface area contributed by atoms with Gasteiger partial charge in [-0.05, 0) is 18.4 Å². The zero-order valence-corrected chi connectivity index (χ0v) is 13.7. The number of hydrogen-bond donors (Lipinski definition) is 1. The van der Waals surface area contributed by atoms with Gasteiger partial charge in [-0.15, -0.1) is 11.8 Å². The standard InChI is InChI=1S/C17H23NO3S/c1-21-17(20)15(11-13-7-3-2-4-8-13)18-16(19)12-22-14-9-5-6-10-14/h2-4,7-8,14-15H,5-6,9-12H2,1H3,(H,18,19)/t15-/m1/s1. The summed E-state index contributed by atoms with van der Waals surface area (Å²) in [7, 11) is 1.35. The van der Waals surface area contributed by atoms with Crippen LogP contribution in [0.2, 0.25) is 0 Å². The molecule has 5 heteroatoms. The first kappa shape index (κ1) is 16.9. The zero-order chi connectivity index (χ0) is 15.8. The minimum absolute atomic E-state index is 0.0942. The molecule has 0 aliphatic heterocycles. The Kier molecular flexibility index (Phi) is 6.77. The second kappa shape index (κ2) is 8.83. The summed E-state index contributed by atoms with van der Waals surface area (Å²) in [6, 6.07) is 9.02. The topological polar surface area (TPSA) is 55.4 Å². The summed E-state index contributed by atoms with van der Waals surface area (Å²) < 4.78 is 4.80. The van der Waals surface area contributed by atoms with Crippen molar-refractivity contribution in [3.05, 3.63) is 35.9 Å². The number of methoxy groups -OCH3 is 1. The predicted octanol–water partition coefficient (Wildman–Crippen LogP) is 2.56. The van der Waals surface area contributed by atoms with Crippen molar-refractivity contribution in [1.29, 1.82) is 0 Å². The third kappa shape index (κ3) is 5.37. The van der Waals surface area contributed by atoms with Crippen molar-refractivity contribution in [2.24, 2.45) is 0 Å². The fourth-order valence-electron chi connectivity index (χ4n) is 2.67. The highest BCUT2D eigenvalue weighted by Crippen LogP contribution is 2.29. The van der Waals surface area contributed by atoms with Gasteiger partial charge in [0, 0.05) is 11.7 Å². The van der Waals surface area contributed by atoms with Crippen LogP contribution in [0.5, 0.6) is 0 Å². The largest absolute Gasteiger partial charge is 0.467 e. The number of nitrogens with one attached hydrogen (secondary N) is 1. The number of esters is 1. The summed E-state index contributed by atoms with van der Waals surface area (Å²) in [6.07, 6.45) is 5.37. The van der Waals surface area contributed by atoms with Gasteiger partial charge < -0.3 is 10.1 Å². The molecule has 1 aliphatic carbocycles. The highest BCUT2D eigenvalue weighted by molar-refractivity contribution is 8.00. The molecule has 1 aromatic rings. The minimum atomic E-state index is -0.621. The Balaban J connectivity index is 1.85. The first-order chi connectivity index (χ1) is 10.7. The number of benzene rings is 1. The molecule has 22 heavy (non-hydrogen) atoms. The predicted molar refractivity (Wildman–Crippen MR) is 88.8 cm³/mol. The third-order valence-electron chi connectivity index (χ3n) is 3.86. The molecule has 1 aliphatic rings. The van der Waals surface area contributed by atoms with E-state index in [1.165, 1.54) is 32.8 Å². The maximum Gasteiger partial charge on any atom is 0.328 e. The van der Waals surface area contributed by atoms with E-state index in [1.807, 2.05) is 30.3 Å². The lowest BCUT2D eigenvalue weighted by Gasteiger charge is -2.17. The molecule has 1 fully saturated rings. The Morgan fingerprint density at radius 2 is 1.95 bits per heavy atom. The summed E-state index contributed by atoms with van der Waals surface area (Å²) in [6.45, 7) is 0. The number of ether oxygens (including phenoxy) is 1. The van der Waals surface area contributed by atoms with Gasteiger partial charge in [0.2, 0.25) is 5.91 Å². The molecule has 120 valence electrons. The molecule has 0 bridgehead atoms. The third-order valence-corrected chi connectivity index (χ3v) is 5.23. The molecule has 0 unspecified atom stereocenters. The van der Waals surface area contributed by atoms with Crippen molar-refractivity contribution in [2.75, 3.05) is 12.9 Å². The highest BCUT2D eigenvalue weighted by atomic mass is 32.2. The molecule has 4 nitrogen and oxygen atoms in total. The van der Waals surface area contributed by atoms with Gasteiger partial charge in [-0.25, -0.2) is 4.79 Å². The summed E-state index contributed by atoms with van der Waals surface area (Å²) in [4.78, 5) is 23.9. The molecular weight excluding hydrogens is 298 g/mol. The number of thioether (sulfide) groups is 1. The van der Waals surface area contributed by atoms with Crippen molar-refractivity contribution >= 4 is 23.6 Å². The molecule has 1 atom stereocenters. The Morgan fingerprint density at radius 3 is 2.59 bits per heavy atom. The van der Waals surface area contributed by atoms with Crippen molar-refractivity contribution in [3.63, 3.8) is 0 Å². The molecule has 0 radical (unpaired) electrons. The first-order valence-corrected chi connectivity index (χ1v) is 8.76. The molecule has 1 aromatic carbocycles. The Morgan fingerprint density at radius 1 is 1.27 bits per heavy atom. The van der Waals surface area contributed by atoms with E-state index in [9.17, 15) is 9.59 Å². The zero-order valence-electron chi connectivity index (χ0n) is 12.9. The molecule has 0 spiro atoms. The van der Waals surface area contributed by atoms with Crippen LogP contribution < -0.4 is 5.32 Å². The van der Waals surface area contributed by atoms with E-state index in [-0.39, 0.29) is 5.91 Å². The molecule has 0 heterocycles. The second-order valence-electron chi connectivity index (χ2n) is 5.55. The summed E-state index contributed by atoms with van der Waals surface area (Å²) >= 11 is 1.70. The lowest BCUT2D eigenvalue weighted by molar-refractivity contribution is -0.144. The molecule has 0 aromatic heterocycles. The molecule has 1 saturated carbocycles. The maximum absolute atomic E-state index is 12.1. The van der Waals surface area contributed by atoms with E-state index in [4.69, 9.17) is 4.74 Å². The van der Waals surface area contributed by atoms with Crippen LogP contribution >= 0.6 is 11.8 Å². The quantitative estimate of drug-likeness (QED) is 0.784. The Bertz CT molecular complexity index is 486. The van der Waals surface area contributed by atoms with E-state index in [2.05, 4.69) is 5.32 Å². The smallest absolute Gasteiger partial charge is 0.328 e. The number of carbonyl (C=O) groups is 2. The Hall–Kier alpha value is -1.49. The average Bonchev–Trinajstić information content (AvgIpc) is 3.06. The fraction of sp³-hybridized carbons (Fsp3) is 0.529. The van der Waals surface area contributed by atoms with Gasteiger partial charge in [-0.2, -0.15) is 0 Å². The van der Waals surface area contributed by atoms with Gasteiger partial charge in [-0.1, -0.05) is 43.2 Å². The van der Waals surface area contributed by atoms with Crippen molar-refractivity contribution in [2.45, 2.75) is 43.4 Å². The van der Waals surface area contributed by atoms with Crippen LogP contribution in [0.25, 0.3) is 0 Å². The van der Waals surface area contributed by atoms with Crippen LogP contribution in [0.1, 0.15) is 31.2 Å². The Labute approximate surface area is 136 Å². The van der Waals surface area contributed by atoms with Crippen LogP contribution in [-0.2, 0) is 20.7 Å². The lowest BCUT2D eigenvalue weighted by atomic mass is 10.1. The van der Waals surface area contributed by atoms with E-state index >= 15 is 0 Å². The molecule has 1 amide bonds. The van der Waals surface area contributed by atoms with E-state index in [1.54, 1.807) is 11.8 Å². The van der Waals surface area contributed by atoms with Gasteiger partial charge in [0.25, 0.3) is 0 Å². The average molecular weight is 321 g/mol. The van der Waals surface area contributed by atoms with Crippen molar-refractivity contribution in [1.82, 2.24) is 5.32 Å². The van der Waals surface area contributed by atoms with Crippen LogP contribution in [0.3, 0.4) is 0 Å². The minimum Gasteiger partial charge on any atom is -0.467 e. The highest BCUT2D eigenvalue weighted by Gasteiger charge is 2.23. The van der Waals surface area contributed by atoms with Gasteiger partial charge in [-0.3, -0.25) is 4.79 Å². The monoisotopic (exact) mass is 321 g/mol. The van der Waals surface area contributed by atoms with Crippen LogP contribution in [-0.4, -0.2) is 36.0 Å². The van der Waals surface area contributed by atoms with E-state index in [0.29, 0.717) is 17.4 Å². The normalized spacial score (nSPS) is 16.2. The lowest BCUT2D eigenvalue weighted by Crippen LogP contribution is -2.44. The van der Waals surface area contributed by atoms with Crippen LogP contribution in [0.15, 0.2) is 30.3 Å². The molecule has 2 rings (SSSR count). The first-order valence-electron chi connectivity index (χ1n) is 7.71. The van der Waals surface area contributed by atoms with Gasteiger partial charge >= 0.3 is 5.97 Å². The van der Waals surface area contributed by atoms with Crippen molar-refractivity contribution in [3.8, 4) is 0 Å². The number of carbonyl (C=O) groups excluding carboxylic acids is 2. The summed E-state index contributed by atoms with van der Waals surface area (Å²) in [5.74, 6) is -0.0845.